The normalized spacial score (nSPS) is 12.5. The molecule has 2 aromatic heterocycles. The Morgan fingerprint density at radius 1 is 1.24 bits per heavy atom. The molecule has 1 aromatic carbocycles. The van der Waals surface area contributed by atoms with E-state index < -0.39 is 0 Å². The number of thiazole rings is 1. The van der Waals surface area contributed by atoms with Crippen LogP contribution in [0.5, 0.6) is 0 Å². The molecule has 0 radical (unpaired) electrons. The Bertz CT molecular complexity index is 1020. The van der Waals surface area contributed by atoms with Gasteiger partial charge in [0, 0.05) is 12.6 Å². The Morgan fingerprint density at radius 2 is 1.96 bits per heavy atom. The van der Waals surface area contributed by atoms with Crippen molar-refractivity contribution in [3.8, 4) is 0 Å². The van der Waals surface area contributed by atoms with Gasteiger partial charge in [-0.25, -0.2) is 0 Å². The third-order valence-electron chi connectivity index (χ3n) is 4.19. The minimum Gasteiger partial charge on any atom is -0.317 e. The molecule has 5 nitrogen and oxygen atoms in total. The van der Waals surface area contributed by atoms with Gasteiger partial charge in [0.15, 0.2) is 4.80 Å². The zero-order chi connectivity index (χ0) is 18.3. The maximum absolute atomic E-state index is 12.8. The van der Waals surface area contributed by atoms with Crippen molar-refractivity contribution < 1.29 is 4.79 Å². The highest BCUT2D eigenvalue weighted by atomic mass is 32.1. The summed E-state index contributed by atoms with van der Waals surface area (Å²) in [4.78, 5) is 18.0. The van der Waals surface area contributed by atoms with Crippen LogP contribution in [0.25, 0.3) is 10.2 Å². The number of aryl methyl sites for hydroxylation is 4. The molecule has 0 saturated heterocycles. The first-order valence-electron chi connectivity index (χ1n) is 8.57. The fourth-order valence-electron chi connectivity index (χ4n) is 3.12. The molecule has 25 heavy (non-hydrogen) atoms. The molecule has 0 N–H and O–H groups in total. The van der Waals surface area contributed by atoms with E-state index in [0.29, 0.717) is 5.69 Å². The lowest BCUT2D eigenvalue weighted by Crippen LogP contribution is -2.18. The Labute approximate surface area is 151 Å². The van der Waals surface area contributed by atoms with E-state index in [4.69, 9.17) is 0 Å². The van der Waals surface area contributed by atoms with Crippen LogP contribution < -0.4 is 4.80 Å². The Hall–Kier alpha value is -2.21. The van der Waals surface area contributed by atoms with Gasteiger partial charge in [0.1, 0.15) is 5.69 Å². The van der Waals surface area contributed by atoms with E-state index >= 15 is 0 Å². The summed E-state index contributed by atoms with van der Waals surface area (Å²) in [5, 5.41) is 4.42. The Kier molecular flexibility index (Phi) is 4.64. The predicted molar refractivity (Wildman–Crippen MR) is 102 cm³/mol. The molecule has 0 fully saturated rings. The second-order valence-electron chi connectivity index (χ2n) is 6.69. The standard InChI is InChI=1S/C19H24N4OS/c1-7-22-15-9-12(4)8-13(5)17(15)25-19(22)20-18(24)16-10-14(6)21-23(16)11(2)3/h8-11H,7H2,1-6H3. The number of aromatic nitrogens is 3. The monoisotopic (exact) mass is 356 g/mol. The average Bonchev–Trinajstić information content (AvgIpc) is 3.08. The SMILES string of the molecule is CCn1c(=NC(=O)c2cc(C)nn2C(C)C)sc2c(C)cc(C)cc21. The van der Waals surface area contributed by atoms with Crippen molar-refractivity contribution in [1.82, 2.24) is 14.3 Å². The zero-order valence-corrected chi connectivity index (χ0v) is 16.4. The van der Waals surface area contributed by atoms with Crippen LogP contribution in [0.1, 0.15) is 54.1 Å². The van der Waals surface area contributed by atoms with Gasteiger partial charge in [-0.05, 0) is 64.8 Å². The van der Waals surface area contributed by atoms with Gasteiger partial charge in [-0.2, -0.15) is 10.1 Å². The van der Waals surface area contributed by atoms with Crippen molar-refractivity contribution >= 4 is 27.5 Å². The van der Waals surface area contributed by atoms with Gasteiger partial charge in [0.2, 0.25) is 0 Å². The molecular weight excluding hydrogens is 332 g/mol. The van der Waals surface area contributed by atoms with Crippen molar-refractivity contribution in [3.63, 3.8) is 0 Å². The van der Waals surface area contributed by atoms with E-state index in [1.54, 1.807) is 16.0 Å². The van der Waals surface area contributed by atoms with Crippen LogP contribution in [0.4, 0.5) is 0 Å². The van der Waals surface area contributed by atoms with Gasteiger partial charge in [-0.3, -0.25) is 9.48 Å². The number of hydrogen-bond donors (Lipinski definition) is 0. The molecule has 0 unspecified atom stereocenters. The molecule has 0 saturated carbocycles. The predicted octanol–water partition coefficient (Wildman–Crippen LogP) is 4.17. The molecule has 0 spiro atoms. The van der Waals surface area contributed by atoms with Crippen LogP contribution in [-0.2, 0) is 6.54 Å². The highest BCUT2D eigenvalue weighted by Crippen LogP contribution is 2.23. The molecule has 1 amide bonds. The first kappa shape index (κ1) is 17.6. The number of rotatable bonds is 3. The molecule has 2 heterocycles. The molecule has 132 valence electrons. The number of carbonyl (C=O) groups is 1. The number of amides is 1. The smallest absolute Gasteiger partial charge is 0.297 e. The molecule has 0 atom stereocenters. The highest BCUT2D eigenvalue weighted by molar-refractivity contribution is 7.16. The first-order chi connectivity index (χ1) is 11.8. The largest absolute Gasteiger partial charge is 0.317 e. The lowest BCUT2D eigenvalue weighted by molar-refractivity contribution is 0.0986. The van der Waals surface area contributed by atoms with E-state index in [0.717, 1.165) is 22.6 Å². The summed E-state index contributed by atoms with van der Waals surface area (Å²) in [6, 6.07) is 6.26. The number of benzene rings is 1. The molecular formula is C19H24N4OS. The number of hydrogen-bond acceptors (Lipinski definition) is 3. The summed E-state index contributed by atoms with van der Waals surface area (Å²) in [5.74, 6) is -0.238. The van der Waals surface area contributed by atoms with Crippen molar-refractivity contribution in [1.29, 1.82) is 0 Å². The van der Waals surface area contributed by atoms with Crippen molar-refractivity contribution in [2.75, 3.05) is 0 Å². The summed E-state index contributed by atoms with van der Waals surface area (Å²) in [5.41, 5.74) is 4.96. The first-order valence-corrected chi connectivity index (χ1v) is 9.39. The number of nitrogens with zero attached hydrogens (tertiary/aromatic N) is 4. The van der Waals surface area contributed by atoms with Gasteiger partial charge in [0.05, 0.1) is 15.9 Å². The molecule has 0 aliphatic rings. The number of carbonyl (C=O) groups excluding carboxylic acids is 1. The minimum absolute atomic E-state index is 0.119. The van der Waals surface area contributed by atoms with Crippen LogP contribution >= 0.6 is 11.3 Å². The molecule has 0 aliphatic carbocycles. The van der Waals surface area contributed by atoms with Crippen LogP contribution in [0, 0.1) is 20.8 Å². The molecule has 3 aromatic rings. The second-order valence-corrected chi connectivity index (χ2v) is 7.66. The molecule has 0 bridgehead atoms. The molecule has 0 aliphatic heterocycles. The van der Waals surface area contributed by atoms with Gasteiger partial charge in [-0.1, -0.05) is 17.4 Å². The lowest BCUT2D eigenvalue weighted by Gasteiger charge is -2.08. The van der Waals surface area contributed by atoms with Gasteiger partial charge >= 0.3 is 0 Å². The topological polar surface area (TPSA) is 52.2 Å². The summed E-state index contributed by atoms with van der Waals surface area (Å²) >= 11 is 1.57. The summed E-state index contributed by atoms with van der Waals surface area (Å²) in [6.07, 6.45) is 0. The van der Waals surface area contributed by atoms with E-state index in [1.807, 2.05) is 26.8 Å². The van der Waals surface area contributed by atoms with E-state index in [-0.39, 0.29) is 11.9 Å². The molecule has 3 rings (SSSR count). The van der Waals surface area contributed by atoms with Crippen LogP contribution in [0.3, 0.4) is 0 Å². The van der Waals surface area contributed by atoms with Crippen molar-refractivity contribution in [2.24, 2.45) is 4.99 Å². The quantitative estimate of drug-likeness (QED) is 0.707. The van der Waals surface area contributed by atoms with E-state index in [2.05, 4.69) is 47.6 Å². The van der Waals surface area contributed by atoms with E-state index in [9.17, 15) is 4.79 Å². The zero-order valence-electron chi connectivity index (χ0n) is 15.6. The fourth-order valence-corrected chi connectivity index (χ4v) is 4.26. The Balaban J connectivity index is 2.19. The minimum atomic E-state index is -0.238. The number of fused-ring (bicyclic) bond motifs is 1. The third-order valence-corrected chi connectivity index (χ3v) is 5.42. The summed E-state index contributed by atoms with van der Waals surface area (Å²) in [7, 11) is 0. The van der Waals surface area contributed by atoms with Crippen LogP contribution in [-0.4, -0.2) is 20.3 Å². The van der Waals surface area contributed by atoms with Crippen molar-refractivity contribution in [3.05, 3.63) is 45.5 Å². The maximum Gasteiger partial charge on any atom is 0.297 e. The molecule has 6 heteroatoms. The van der Waals surface area contributed by atoms with Gasteiger partial charge < -0.3 is 4.57 Å². The Morgan fingerprint density at radius 3 is 2.60 bits per heavy atom. The summed E-state index contributed by atoms with van der Waals surface area (Å²) < 4.78 is 5.05. The summed E-state index contributed by atoms with van der Waals surface area (Å²) in [6.45, 7) is 13.0. The highest BCUT2D eigenvalue weighted by Gasteiger charge is 2.16. The average molecular weight is 356 g/mol. The lowest BCUT2D eigenvalue weighted by atomic mass is 10.1. The van der Waals surface area contributed by atoms with Gasteiger partial charge in [0.25, 0.3) is 5.91 Å². The maximum atomic E-state index is 12.8. The fraction of sp³-hybridized carbons (Fsp3) is 0.421. The second kappa shape index (κ2) is 6.59. The van der Waals surface area contributed by atoms with Crippen LogP contribution in [0.15, 0.2) is 23.2 Å². The third kappa shape index (κ3) is 3.18. The van der Waals surface area contributed by atoms with Crippen LogP contribution in [0.2, 0.25) is 0 Å². The van der Waals surface area contributed by atoms with Crippen molar-refractivity contribution in [2.45, 2.75) is 54.1 Å². The van der Waals surface area contributed by atoms with E-state index in [1.165, 1.54) is 15.8 Å². The van der Waals surface area contributed by atoms with Gasteiger partial charge in [-0.15, -0.1) is 0 Å².